The Balaban J connectivity index is 2.19. The quantitative estimate of drug-likeness (QED) is 0.772. The van der Waals surface area contributed by atoms with Gasteiger partial charge >= 0.3 is 0 Å². The Kier molecular flexibility index (Phi) is 6.41. The molecular weight excluding hydrogens is 363 g/mol. The minimum Gasteiger partial charge on any atom is -0.493 e. The predicted octanol–water partition coefficient (Wildman–Crippen LogP) is 2.84. The van der Waals surface area contributed by atoms with Crippen LogP contribution in [0, 0.1) is 5.82 Å². The van der Waals surface area contributed by atoms with E-state index in [9.17, 15) is 14.0 Å². The summed E-state index contributed by atoms with van der Waals surface area (Å²) in [6.07, 6.45) is 0. The van der Waals surface area contributed by atoms with Gasteiger partial charge in [-0.15, -0.1) is 0 Å². The van der Waals surface area contributed by atoms with Crippen LogP contribution in [0.15, 0.2) is 36.4 Å². The lowest BCUT2D eigenvalue weighted by Gasteiger charge is -2.16. The van der Waals surface area contributed by atoms with Gasteiger partial charge in [0.2, 0.25) is 0 Å². The maximum absolute atomic E-state index is 13.0. The molecule has 0 fully saturated rings. The normalized spacial score (nSPS) is 11.5. The fourth-order valence-electron chi connectivity index (χ4n) is 2.25. The predicted molar refractivity (Wildman–Crippen MR) is 95.0 cm³/mol. The first-order chi connectivity index (χ1) is 12.3. The molecule has 2 aromatic carbocycles. The zero-order chi connectivity index (χ0) is 19.3. The van der Waals surface area contributed by atoms with E-state index in [0.29, 0.717) is 0 Å². The molecule has 0 radical (unpaired) electrons. The Morgan fingerprint density at radius 2 is 1.92 bits per heavy atom. The summed E-state index contributed by atoms with van der Waals surface area (Å²) in [5.74, 6) is -1.11. The molecule has 26 heavy (non-hydrogen) atoms. The van der Waals surface area contributed by atoms with E-state index in [2.05, 4.69) is 5.32 Å². The molecule has 8 heteroatoms. The highest BCUT2D eigenvalue weighted by atomic mass is 35.5. The van der Waals surface area contributed by atoms with Gasteiger partial charge in [-0.2, -0.15) is 0 Å². The molecule has 2 rings (SSSR count). The van der Waals surface area contributed by atoms with Gasteiger partial charge in [-0.3, -0.25) is 9.59 Å². The van der Waals surface area contributed by atoms with Crippen molar-refractivity contribution in [3.05, 3.63) is 58.4 Å². The van der Waals surface area contributed by atoms with Gasteiger partial charge in [-0.05, 0) is 36.8 Å². The molecular formula is C18H18ClFN2O4. The van der Waals surface area contributed by atoms with E-state index >= 15 is 0 Å². The van der Waals surface area contributed by atoms with Crippen LogP contribution in [-0.2, 0) is 4.79 Å². The van der Waals surface area contributed by atoms with Crippen molar-refractivity contribution < 1.29 is 23.5 Å². The lowest BCUT2D eigenvalue weighted by atomic mass is 10.1. The van der Waals surface area contributed by atoms with Crippen LogP contribution in [0.4, 0.5) is 4.39 Å². The smallest absolute Gasteiger partial charge is 0.255 e. The summed E-state index contributed by atoms with van der Waals surface area (Å²) in [5, 5.41) is 2.89. The van der Waals surface area contributed by atoms with Crippen LogP contribution >= 0.6 is 11.6 Å². The Hall–Kier alpha value is -2.80. The van der Waals surface area contributed by atoms with E-state index in [0.717, 1.165) is 5.56 Å². The summed E-state index contributed by atoms with van der Waals surface area (Å²) in [6.45, 7) is 1.40. The number of amides is 2. The zero-order valence-electron chi connectivity index (χ0n) is 14.2. The number of nitrogens with two attached hydrogens (primary N) is 1. The van der Waals surface area contributed by atoms with Gasteiger partial charge in [0.1, 0.15) is 5.82 Å². The molecule has 0 heterocycles. The fourth-order valence-corrected chi connectivity index (χ4v) is 2.51. The number of ether oxygens (including phenoxy) is 2. The number of hydrogen-bond acceptors (Lipinski definition) is 4. The second-order valence-electron chi connectivity index (χ2n) is 5.49. The molecule has 2 aromatic rings. The number of carbonyl (C=O) groups excluding carboxylic acids is 2. The van der Waals surface area contributed by atoms with Crippen LogP contribution in [-0.4, -0.2) is 25.5 Å². The van der Waals surface area contributed by atoms with Gasteiger partial charge in [0.25, 0.3) is 11.8 Å². The molecule has 0 aliphatic heterocycles. The third-order valence-corrected chi connectivity index (χ3v) is 3.85. The molecule has 0 saturated carbocycles. The number of nitrogens with one attached hydrogen (secondary N) is 1. The highest BCUT2D eigenvalue weighted by Gasteiger charge is 2.18. The van der Waals surface area contributed by atoms with Gasteiger partial charge in [0, 0.05) is 5.56 Å². The number of benzene rings is 2. The summed E-state index contributed by atoms with van der Waals surface area (Å²) >= 11 is 6.13. The third kappa shape index (κ3) is 4.86. The third-order valence-electron chi connectivity index (χ3n) is 3.57. The lowest BCUT2D eigenvalue weighted by Crippen LogP contribution is -2.26. The monoisotopic (exact) mass is 380 g/mol. The van der Waals surface area contributed by atoms with Crippen molar-refractivity contribution >= 4 is 23.4 Å². The van der Waals surface area contributed by atoms with Gasteiger partial charge in [0.05, 0.1) is 18.2 Å². The van der Waals surface area contributed by atoms with Crippen LogP contribution in [0.3, 0.4) is 0 Å². The molecule has 0 unspecified atom stereocenters. The first kappa shape index (κ1) is 19.5. The first-order valence-electron chi connectivity index (χ1n) is 7.66. The SMILES string of the molecule is COc1cc(C(=O)N[C@@H](C)c2ccc(F)cc2)cc(Cl)c1OCC(N)=O. The summed E-state index contributed by atoms with van der Waals surface area (Å²) in [7, 11) is 1.38. The number of rotatable bonds is 7. The average Bonchev–Trinajstić information content (AvgIpc) is 2.60. The van der Waals surface area contributed by atoms with Gasteiger partial charge in [-0.1, -0.05) is 23.7 Å². The first-order valence-corrected chi connectivity index (χ1v) is 8.04. The van der Waals surface area contributed by atoms with Crippen LogP contribution in [0.25, 0.3) is 0 Å². The van der Waals surface area contributed by atoms with Crippen molar-refractivity contribution in [3.63, 3.8) is 0 Å². The lowest BCUT2D eigenvalue weighted by molar-refractivity contribution is -0.119. The van der Waals surface area contributed by atoms with Gasteiger partial charge in [-0.25, -0.2) is 4.39 Å². The molecule has 6 nitrogen and oxygen atoms in total. The Morgan fingerprint density at radius 3 is 2.50 bits per heavy atom. The maximum atomic E-state index is 13.0. The van der Waals surface area contributed by atoms with E-state index in [1.54, 1.807) is 19.1 Å². The summed E-state index contributed by atoms with van der Waals surface area (Å²) in [6, 6.07) is 8.31. The van der Waals surface area contributed by atoms with Gasteiger partial charge < -0.3 is 20.5 Å². The highest BCUT2D eigenvalue weighted by Crippen LogP contribution is 2.36. The van der Waals surface area contributed by atoms with Crippen molar-refractivity contribution in [1.29, 1.82) is 0 Å². The molecule has 0 aliphatic carbocycles. The Morgan fingerprint density at radius 1 is 1.27 bits per heavy atom. The van der Waals surface area contributed by atoms with E-state index in [1.165, 1.54) is 31.4 Å². The zero-order valence-corrected chi connectivity index (χ0v) is 15.0. The molecule has 0 saturated heterocycles. The Bertz CT molecular complexity index is 812. The van der Waals surface area contributed by atoms with E-state index in [1.807, 2.05) is 0 Å². The summed E-state index contributed by atoms with van der Waals surface area (Å²) in [4.78, 5) is 23.3. The van der Waals surface area contributed by atoms with E-state index in [-0.39, 0.29) is 40.6 Å². The van der Waals surface area contributed by atoms with Crippen molar-refractivity contribution in [2.24, 2.45) is 5.73 Å². The van der Waals surface area contributed by atoms with E-state index in [4.69, 9.17) is 26.8 Å². The standard InChI is InChI=1S/C18H18ClFN2O4/c1-10(11-3-5-13(20)6-4-11)22-18(24)12-7-14(19)17(15(8-12)25-2)26-9-16(21)23/h3-8,10H,9H2,1-2H3,(H2,21,23)(H,22,24)/t10-/m0/s1. The molecule has 1 atom stereocenters. The molecule has 0 aliphatic rings. The molecule has 138 valence electrons. The topological polar surface area (TPSA) is 90.7 Å². The summed E-state index contributed by atoms with van der Waals surface area (Å²) < 4.78 is 23.4. The average molecular weight is 381 g/mol. The maximum Gasteiger partial charge on any atom is 0.255 e. The Labute approximate surface area is 155 Å². The van der Waals surface area contributed by atoms with Crippen LogP contribution < -0.4 is 20.5 Å². The van der Waals surface area contributed by atoms with Crippen LogP contribution in [0.5, 0.6) is 11.5 Å². The largest absolute Gasteiger partial charge is 0.493 e. The molecule has 0 bridgehead atoms. The van der Waals surface area contributed by atoms with Crippen molar-refractivity contribution in [3.8, 4) is 11.5 Å². The number of methoxy groups -OCH3 is 1. The molecule has 0 aromatic heterocycles. The number of halogens is 2. The second kappa shape index (κ2) is 8.53. The minimum atomic E-state index is -0.668. The number of hydrogen-bond donors (Lipinski definition) is 2. The van der Waals surface area contributed by atoms with Crippen molar-refractivity contribution in [2.75, 3.05) is 13.7 Å². The van der Waals surface area contributed by atoms with Crippen molar-refractivity contribution in [2.45, 2.75) is 13.0 Å². The number of carbonyl (C=O) groups is 2. The summed E-state index contributed by atoms with van der Waals surface area (Å²) in [5.41, 5.74) is 6.04. The fraction of sp³-hybridized carbons (Fsp3) is 0.222. The van der Waals surface area contributed by atoms with Crippen LogP contribution in [0.2, 0.25) is 5.02 Å². The van der Waals surface area contributed by atoms with E-state index < -0.39 is 11.8 Å². The molecule has 3 N–H and O–H groups in total. The second-order valence-corrected chi connectivity index (χ2v) is 5.90. The highest BCUT2D eigenvalue weighted by molar-refractivity contribution is 6.32. The number of primary amides is 1. The van der Waals surface area contributed by atoms with Gasteiger partial charge in [0.15, 0.2) is 18.1 Å². The molecule has 0 spiro atoms. The molecule has 2 amide bonds. The van der Waals surface area contributed by atoms with Crippen LogP contribution in [0.1, 0.15) is 28.9 Å². The van der Waals surface area contributed by atoms with Crippen molar-refractivity contribution in [1.82, 2.24) is 5.32 Å². The minimum absolute atomic E-state index is 0.102.